The predicted molar refractivity (Wildman–Crippen MR) is 163 cm³/mol. The van der Waals surface area contributed by atoms with Crippen molar-refractivity contribution < 1.29 is 17.4 Å². The van der Waals surface area contributed by atoms with Crippen molar-refractivity contribution in [1.29, 1.82) is 0 Å². The molecule has 1 heterocycles. The normalized spacial score (nSPS) is 19.3. The maximum absolute atomic E-state index is 3.49. The van der Waals surface area contributed by atoms with Crippen molar-refractivity contribution in [2.45, 2.75) is 47.5 Å². The van der Waals surface area contributed by atoms with E-state index in [1.807, 2.05) is 0 Å². The Labute approximate surface area is 231 Å². The van der Waals surface area contributed by atoms with Crippen LogP contribution in [0.1, 0.15) is 48.0 Å². The van der Waals surface area contributed by atoms with E-state index in [4.69, 9.17) is 0 Å². The van der Waals surface area contributed by atoms with Crippen LogP contribution in [0.4, 0.5) is 0 Å². The first-order valence-electron chi connectivity index (χ1n) is 12.2. The molecule has 3 aliphatic rings. The number of allylic oxidation sites excluding steroid dienone is 5. The summed E-state index contributed by atoms with van der Waals surface area (Å²) in [6.07, 6.45) is 5.10. The van der Waals surface area contributed by atoms with Crippen LogP contribution >= 0.6 is 36.6 Å². The van der Waals surface area contributed by atoms with Crippen LogP contribution in [0.3, 0.4) is 0 Å². The molecule has 35 heavy (non-hydrogen) atoms. The van der Waals surface area contributed by atoms with Crippen molar-refractivity contribution in [2.75, 3.05) is 5.75 Å². The standard InChI is InChI=1S/C17H15.C11H13S.2CH3.2ClH.H2Si.Zr/c1-12-10-16-13(2)8-9-15(17(16)11-12)14-6-4-3-5-7-14;1-7(2)9-4-10-8(3)6-12-11(10)5-9;;;;;;/h3-11H,1-2H3;4,7H,6H2,1-3H3;2*1H3;2*1H;1H2;. The van der Waals surface area contributed by atoms with E-state index in [1.54, 1.807) is 36.0 Å². The summed E-state index contributed by atoms with van der Waals surface area (Å²) in [6.45, 7) is 14.3. The fraction of sp³-hybridized carbons (Fsp3) is 0.333. The zero-order valence-electron chi connectivity index (χ0n) is 22.0. The summed E-state index contributed by atoms with van der Waals surface area (Å²) < 4.78 is 7.84. The Kier molecular flexibility index (Phi) is 8.25. The van der Waals surface area contributed by atoms with Crippen molar-refractivity contribution >= 4 is 49.5 Å². The number of hydrogen-bond acceptors (Lipinski definition) is 1. The number of aryl methyl sites for hydroxylation is 1. The van der Waals surface area contributed by atoms with Crippen molar-refractivity contribution in [3.05, 3.63) is 95.7 Å². The van der Waals surface area contributed by atoms with Gasteiger partial charge in [-0.05, 0) is 0 Å². The summed E-state index contributed by atoms with van der Waals surface area (Å²) in [7, 11) is 0. The van der Waals surface area contributed by atoms with Gasteiger partial charge in [0.25, 0.3) is 0 Å². The smallest absolute Gasteiger partial charge is 0.147 e. The second-order valence-corrected chi connectivity index (χ2v) is 42.0. The Morgan fingerprint density at radius 2 is 1.60 bits per heavy atom. The van der Waals surface area contributed by atoms with Crippen LogP contribution in [0.15, 0.2) is 79.0 Å². The molecule has 0 aromatic heterocycles. The summed E-state index contributed by atoms with van der Waals surface area (Å²) in [5, 5.41) is 0. The van der Waals surface area contributed by atoms with E-state index < -0.39 is 17.4 Å². The van der Waals surface area contributed by atoms with Crippen LogP contribution in [0.5, 0.6) is 0 Å². The molecule has 2 aromatic carbocycles. The molecule has 186 valence electrons. The molecule has 0 spiro atoms. The van der Waals surface area contributed by atoms with Crippen LogP contribution in [0.2, 0.25) is 9.26 Å². The molecular weight excluding hydrogens is 583 g/mol. The monoisotopic (exact) mass is 618 g/mol. The van der Waals surface area contributed by atoms with Gasteiger partial charge in [0.1, 0.15) is 0 Å². The summed E-state index contributed by atoms with van der Waals surface area (Å²) >= 11 is -1.38. The van der Waals surface area contributed by atoms with Gasteiger partial charge < -0.3 is 0 Å². The Morgan fingerprint density at radius 3 is 2.23 bits per heavy atom. The number of halogens is 2. The van der Waals surface area contributed by atoms with Crippen molar-refractivity contribution in [1.82, 2.24) is 0 Å². The first kappa shape index (κ1) is 29.0. The summed E-state index contributed by atoms with van der Waals surface area (Å²) in [4.78, 5) is 1.64. The molecule has 2 aliphatic carbocycles. The van der Waals surface area contributed by atoms with Crippen LogP contribution < -0.4 is 0 Å². The van der Waals surface area contributed by atoms with Crippen LogP contribution in [0, 0.1) is 12.8 Å². The third-order valence-electron chi connectivity index (χ3n) is 8.03. The minimum atomic E-state index is -3.49. The van der Waals surface area contributed by atoms with Gasteiger partial charge in [-0.1, -0.05) is 0 Å². The molecule has 0 bridgehead atoms. The molecule has 1 unspecified atom stereocenters. The van der Waals surface area contributed by atoms with E-state index in [0.29, 0.717) is 9.54 Å². The van der Waals surface area contributed by atoms with Crippen molar-refractivity contribution in [3.63, 3.8) is 0 Å². The minimum absolute atomic E-state index is 0. The number of fused-ring (bicyclic) bond motifs is 2. The fourth-order valence-corrected chi connectivity index (χ4v) is 29.5. The van der Waals surface area contributed by atoms with E-state index in [-0.39, 0.29) is 24.8 Å². The van der Waals surface area contributed by atoms with Gasteiger partial charge in [0, 0.05) is 0 Å². The molecule has 0 saturated carbocycles. The quantitative estimate of drug-likeness (QED) is 0.307. The molecule has 0 fully saturated rings. The number of benzene rings is 2. The third-order valence-corrected chi connectivity index (χ3v) is 26.0. The predicted octanol–water partition coefficient (Wildman–Crippen LogP) is 9.17. The van der Waals surface area contributed by atoms with Gasteiger partial charge in [-0.2, -0.15) is 0 Å². The van der Waals surface area contributed by atoms with Crippen LogP contribution in [-0.2, 0) is 17.4 Å². The molecule has 0 saturated heterocycles. The Morgan fingerprint density at radius 1 is 0.943 bits per heavy atom. The van der Waals surface area contributed by atoms with Crippen molar-refractivity contribution in [3.8, 4) is 11.1 Å². The van der Waals surface area contributed by atoms with E-state index in [1.165, 1.54) is 22.3 Å². The Balaban J connectivity index is 0.00000171. The average Bonchev–Trinajstić information content (AvgIpc) is 3.42. The third kappa shape index (κ3) is 4.52. The summed E-state index contributed by atoms with van der Waals surface area (Å²) in [5.41, 5.74) is 13.6. The average molecular weight is 621 g/mol. The molecule has 5 rings (SSSR count). The molecule has 0 amide bonds. The number of rotatable bonds is 4. The van der Waals surface area contributed by atoms with Gasteiger partial charge in [-0.15, -0.1) is 24.8 Å². The fourth-order valence-electron chi connectivity index (χ4n) is 6.62. The molecule has 5 heteroatoms. The van der Waals surface area contributed by atoms with E-state index in [9.17, 15) is 0 Å². The summed E-state index contributed by atoms with van der Waals surface area (Å²) in [6, 6.07) is 15.7. The minimum Gasteiger partial charge on any atom is -0.147 e. The zero-order valence-corrected chi connectivity index (χ0v) is 28.3. The molecule has 0 N–H and O–H groups in total. The van der Waals surface area contributed by atoms with E-state index in [0.717, 1.165) is 5.75 Å². The maximum Gasteiger partial charge on any atom is -0.147 e. The van der Waals surface area contributed by atoms with Gasteiger partial charge >= 0.3 is 208 Å². The molecular formula is C30H38Cl2SSiZr. The van der Waals surface area contributed by atoms with E-state index in [2.05, 4.69) is 117 Å². The zero-order chi connectivity index (χ0) is 23.7. The summed E-state index contributed by atoms with van der Waals surface area (Å²) in [5.74, 6) is 1.73. The largest absolute Gasteiger partial charge is 0.147 e. The van der Waals surface area contributed by atoms with Gasteiger partial charge in [0.05, 0.1) is 0 Å². The van der Waals surface area contributed by atoms with Gasteiger partial charge in [-0.3, -0.25) is 0 Å². The van der Waals surface area contributed by atoms with Crippen LogP contribution in [-0.4, -0.2) is 12.6 Å². The molecule has 0 nitrogen and oxygen atoms in total. The molecule has 2 aromatic rings. The second kappa shape index (κ2) is 9.95. The van der Waals surface area contributed by atoms with Gasteiger partial charge in [-0.25, -0.2) is 0 Å². The molecule has 0 radical (unpaired) electrons. The molecule has 1 atom stereocenters. The Bertz CT molecular complexity index is 1390. The van der Waals surface area contributed by atoms with Gasteiger partial charge in [0.2, 0.25) is 0 Å². The molecule has 1 aliphatic heterocycles. The maximum atomic E-state index is 2.74. The topological polar surface area (TPSA) is 0 Å². The SMILES string of the molecule is CC1=Cc2c(-c3ccccc3)ccc(C)c2[CH]1[Zr]([CH3])([CH3])(=[SiH2])[C]1=C2SCC(C)=C2C=C1C(C)C.Cl.Cl. The second-order valence-electron chi connectivity index (χ2n) is 11.7. The van der Waals surface area contributed by atoms with Crippen molar-refractivity contribution in [2.24, 2.45) is 5.92 Å². The Hall–Kier alpha value is -0.570. The van der Waals surface area contributed by atoms with Crippen LogP contribution in [0.25, 0.3) is 17.2 Å². The first-order valence-corrected chi connectivity index (χ1v) is 26.7. The first-order chi connectivity index (χ1) is 15.5. The van der Waals surface area contributed by atoms with Gasteiger partial charge in [0.15, 0.2) is 0 Å². The number of hydrogen-bond donors (Lipinski definition) is 0. The number of thioether (sulfide) groups is 1. The van der Waals surface area contributed by atoms with E-state index >= 15 is 0 Å².